The largest absolute Gasteiger partial charge is 0.370 e. The van der Waals surface area contributed by atoms with Crippen LogP contribution in [-0.4, -0.2) is 18.6 Å². The van der Waals surface area contributed by atoms with Crippen LogP contribution >= 0.6 is 0 Å². The molecule has 2 nitrogen and oxygen atoms in total. The second-order valence-electron chi connectivity index (χ2n) is 4.75. The lowest BCUT2D eigenvalue weighted by Crippen LogP contribution is -2.47. The second kappa shape index (κ2) is 5.90. The van der Waals surface area contributed by atoms with E-state index in [1.807, 2.05) is 6.07 Å². The maximum absolute atomic E-state index is 6.30. The number of hydrogen-bond donors (Lipinski definition) is 1. The molecule has 16 heavy (non-hydrogen) atoms. The molecule has 0 fully saturated rings. The minimum absolute atomic E-state index is 0.0966. The molecular weight excluding hydrogens is 196 g/mol. The number of rotatable bonds is 6. The number of nitrogens with zero attached hydrogens (tertiary/aromatic N) is 1. The average Bonchev–Trinajstić information content (AvgIpc) is 2.27. The highest BCUT2D eigenvalue weighted by molar-refractivity contribution is 5.46. The average molecular weight is 220 g/mol. The molecule has 1 rings (SSSR count). The summed E-state index contributed by atoms with van der Waals surface area (Å²) in [6.45, 7) is 8.42. The van der Waals surface area contributed by atoms with Crippen molar-refractivity contribution in [2.45, 2.75) is 39.2 Å². The van der Waals surface area contributed by atoms with Crippen LogP contribution < -0.4 is 10.6 Å². The summed E-state index contributed by atoms with van der Waals surface area (Å²) in [6.07, 6.45) is 2.20. The summed E-state index contributed by atoms with van der Waals surface area (Å²) in [5, 5.41) is 0. The van der Waals surface area contributed by atoms with Gasteiger partial charge < -0.3 is 10.6 Å². The van der Waals surface area contributed by atoms with Gasteiger partial charge in [-0.2, -0.15) is 0 Å². The molecule has 1 unspecified atom stereocenters. The van der Waals surface area contributed by atoms with Crippen LogP contribution in [0.4, 0.5) is 5.69 Å². The number of anilines is 1. The third kappa shape index (κ3) is 3.86. The zero-order chi connectivity index (χ0) is 12.0. The van der Waals surface area contributed by atoms with E-state index < -0.39 is 0 Å². The van der Waals surface area contributed by atoms with Gasteiger partial charge in [0.1, 0.15) is 0 Å². The van der Waals surface area contributed by atoms with E-state index in [0.29, 0.717) is 0 Å². The summed E-state index contributed by atoms with van der Waals surface area (Å²) in [5.74, 6) is 0. The van der Waals surface area contributed by atoms with Crippen LogP contribution in [0.15, 0.2) is 30.3 Å². The van der Waals surface area contributed by atoms with Gasteiger partial charge in [-0.3, -0.25) is 0 Å². The number of benzene rings is 1. The SMILES string of the molecule is CCCC(C)(N)CN(CC)c1ccccc1. The van der Waals surface area contributed by atoms with E-state index in [0.717, 1.165) is 25.9 Å². The van der Waals surface area contributed by atoms with Crippen molar-refractivity contribution < 1.29 is 0 Å². The molecule has 0 spiro atoms. The first-order chi connectivity index (χ1) is 7.59. The summed E-state index contributed by atoms with van der Waals surface area (Å²) in [4.78, 5) is 2.34. The first-order valence-corrected chi connectivity index (χ1v) is 6.18. The predicted molar refractivity (Wildman–Crippen MR) is 71.8 cm³/mol. The standard InChI is InChI=1S/C14H24N2/c1-4-11-14(3,15)12-16(5-2)13-9-7-6-8-10-13/h6-10H,4-5,11-12,15H2,1-3H3. The Labute approximate surface area is 99.5 Å². The van der Waals surface area contributed by atoms with Gasteiger partial charge in [0.2, 0.25) is 0 Å². The summed E-state index contributed by atoms with van der Waals surface area (Å²) < 4.78 is 0. The summed E-state index contributed by atoms with van der Waals surface area (Å²) in [5.41, 5.74) is 7.46. The lowest BCUT2D eigenvalue weighted by molar-refractivity contribution is 0.425. The Kier molecular flexibility index (Phi) is 4.81. The van der Waals surface area contributed by atoms with Crippen LogP contribution in [-0.2, 0) is 0 Å². The zero-order valence-corrected chi connectivity index (χ0v) is 10.7. The summed E-state index contributed by atoms with van der Waals surface area (Å²) in [7, 11) is 0. The highest BCUT2D eigenvalue weighted by Crippen LogP contribution is 2.18. The van der Waals surface area contributed by atoms with Crippen LogP contribution in [0.2, 0.25) is 0 Å². The van der Waals surface area contributed by atoms with Gasteiger partial charge in [-0.05, 0) is 32.4 Å². The molecule has 90 valence electrons. The topological polar surface area (TPSA) is 29.3 Å². The van der Waals surface area contributed by atoms with Gasteiger partial charge in [0.15, 0.2) is 0 Å². The molecule has 1 aromatic rings. The summed E-state index contributed by atoms with van der Waals surface area (Å²) >= 11 is 0. The molecule has 0 amide bonds. The van der Waals surface area contributed by atoms with Gasteiger partial charge in [0.05, 0.1) is 0 Å². The van der Waals surface area contributed by atoms with Crippen LogP contribution in [0, 0.1) is 0 Å². The normalized spacial score (nSPS) is 14.5. The Bertz CT molecular complexity index is 293. The zero-order valence-electron chi connectivity index (χ0n) is 10.7. The van der Waals surface area contributed by atoms with Gasteiger partial charge in [0.25, 0.3) is 0 Å². The smallest absolute Gasteiger partial charge is 0.0366 e. The predicted octanol–water partition coefficient (Wildman–Crippen LogP) is 3.03. The minimum Gasteiger partial charge on any atom is -0.370 e. The van der Waals surface area contributed by atoms with Gasteiger partial charge in [-0.1, -0.05) is 31.5 Å². The van der Waals surface area contributed by atoms with Gasteiger partial charge in [-0.15, -0.1) is 0 Å². The molecule has 0 bridgehead atoms. The highest BCUT2D eigenvalue weighted by Gasteiger charge is 2.20. The first kappa shape index (κ1) is 13.0. The van der Waals surface area contributed by atoms with Crippen molar-refractivity contribution in [2.75, 3.05) is 18.0 Å². The molecule has 1 aromatic carbocycles. The van der Waals surface area contributed by atoms with Crippen molar-refractivity contribution in [1.82, 2.24) is 0 Å². The maximum atomic E-state index is 6.30. The molecule has 2 N–H and O–H groups in total. The van der Waals surface area contributed by atoms with E-state index in [4.69, 9.17) is 5.73 Å². The molecular formula is C14H24N2. The van der Waals surface area contributed by atoms with Crippen molar-refractivity contribution in [2.24, 2.45) is 5.73 Å². The van der Waals surface area contributed by atoms with E-state index in [1.165, 1.54) is 5.69 Å². The molecule has 0 heterocycles. The van der Waals surface area contributed by atoms with Crippen molar-refractivity contribution in [3.63, 3.8) is 0 Å². The lowest BCUT2D eigenvalue weighted by Gasteiger charge is -2.33. The number of hydrogen-bond acceptors (Lipinski definition) is 2. The molecule has 1 atom stereocenters. The van der Waals surface area contributed by atoms with Crippen LogP contribution in [0.25, 0.3) is 0 Å². The van der Waals surface area contributed by atoms with Crippen molar-refractivity contribution in [3.05, 3.63) is 30.3 Å². The van der Waals surface area contributed by atoms with Crippen LogP contribution in [0.3, 0.4) is 0 Å². The fourth-order valence-electron chi connectivity index (χ4n) is 2.11. The Balaban J connectivity index is 2.69. The Hall–Kier alpha value is -1.02. The number of nitrogens with two attached hydrogens (primary N) is 1. The fraction of sp³-hybridized carbons (Fsp3) is 0.571. The molecule has 0 aromatic heterocycles. The number of likely N-dealkylation sites (N-methyl/N-ethyl adjacent to an activating group) is 1. The molecule has 0 aliphatic carbocycles. The number of para-hydroxylation sites is 1. The molecule has 2 heteroatoms. The van der Waals surface area contributed by atoms with E-state index in [1.54, 1.807) is 0 Å². The van der Waals surface area contributed by atoms with Crippen LogP contribution in [0.1, 0.15) is 33.6 Å². The van der Waals surface area contributed by atoms with Gasteiger partial charge in [0, 0.05) is 24.3 Å². The third-order valence-corrected chi connectivity index (χ3v) is 2.88. The molecule has 0 radical (unpaired) electrons. The van der Waals surface area contributed by atoms with Gasteiger partial charge in [-0.25, -0.2) is 0 Å². The second-order valence-corrected chi connectivity index (χ2v) is 4.75. The van der Waals surface area contributed by atoms with E-state index in [9.17, 15) is 0 Å². The molecule has 0 aliphatic heterocycles. The summed E-state index contributed by atoms with van der Waals surface area (Å²) in [6, 6.07) is 10.5. The van der Waals surface area contributed by atoms with E-state index in [-0.39, 0.29) is 5.54 Å². The fourth-order valence-corrected chi connectivity index (χ4v) is 2.11. The molecule has 0 saturated heterocycles. The van der Waals surface area contributed by atoms with Crippen LogP contribution in [0.5, 0.6) is 0 Å². The Morgan fingerprint density at radius 2 is 1.81 bits per heavy atom. The monoisotopic (exact) mass is 220 g/mol. The van der Waals surface area contributed by atoms with E-state index >= 15 is 0 Å². The minimum atomic E-state index is -0.0966. The third-order valence-electron chi connectivity index (χ3n) is 2.88. The lowest BCUT2D eigenvalue weighted by atomic mass is 9.96. The maximum Gasteiger partial charge on any atom is 0.0366 e. The molecule has 0 saturated carbocycles. The quantitative estimate of drug-likeness (QED) is 0.798. The Morgan fingerprint density at radius 3 is 2.31 bits per heavy atom. The Morgan fingerprint density at radius 1 is 1.19 bits per heavy atom. The van der Waals surface area contributed by atoms with Crippen molar-refractivity contribution in [1.29, 1.82) is 0 Å². The van der Waals surface area contributed by atoms with E-state index in [2.05, 4.69) is 49.9 Å². The van der Waals surface area contributed by atoms with Gasteiger partial charge >= 0.3 is 0 Å². The van der Waals surface area contributed by atoms with Crippen molar-refractivity contribution >= 4 is 5.69 Å². The van der Waals surface area contributed by atoms with Crippen molar-refractivity contribution in [3.8, 4) is 0 Å². The molecule has 0 aliphatic rings. The highest BCUT2D eigenvalue weighted by atomic mass is 15.1. The first-order valence-electron chi connectivity index (χ1n) is 6.18.